The van der Waals surface area contributed by atoms with E-state index >= 15 is 0 Å². The Morgan fingerprint density at radius 1 is 1.42 bits per heavy atom. The van der Waals surface area contributed by atoms with Gasteiger partial charge in [-0.15, -0.1) is 11.3 Å². The molecule has 0 spiro atoms. The monoisotopic (exact) mass is 275 g/mol. The molecule has 0 aromatic carbocycles. The standard InChI is InChI=1S/C13H13N3O2S/c17-12(10-2-1-7-18-10)15-11-8-19-13(16-11)9-3-5-14-6-4-9/h3-6,8,10H,1-2,7H2,(H,15,17)/t10-/m0/s1. The number of thiazole rings is 1. The van der Waals surface area contributed by atoms with Crippen LogP contribution in [0.25, 0.3) is 10.6 Å². The molecule has 1 fully saturated rings. The van der Waals surface area contributed by atoms with Crippen LogP contribution in [0, 0.1) is 0 Å². The lowest BCUT2D eigenvalue weighted by Gasteiger charge is -2.07. The number of ether oxygens (including phenoxy) is 1. The molecule has 5 nitrogen and oxygen atoms in total. The number of amides is 1. The lowest BCUT2D eigenvalue weighted by Crippen LogP contribution is -2.26. The van der Waals surface area contributed by atoms with E-state index in [2.05, 4.69) is 15.3 Å². The molecule has 19 heavy (non-hydrogen) atoms. The van der Waals surface area contributed by atoms with Crippen LogP contribution in [0.3, 0.4) is 0 Å². The van der Waals surface area contributed by atoms with Crippen molar-refractivity contribution in [2.24, 2.45) is 0 Å². The summed E-state index contributed by atoms with van der Waals surface area (Å²) in [6.07, 6.45) is 4.85. The largest absolute Gasteiger partial charge is 0.368 e. The summed E-state index contributed by atoms with van der Waals surface area (Å²) in [5.74, 6) is 0.474. The van der Waals surface area contributed by atoms with E-state index in [9.17, 15) is 4.79 Å². The number of hydrogen-bond donors (Lipinski definition) is 1. The van der Waals surface area contributed by atoms with Gasteiger partial charge in [0.1, 0.15) is 16.9 Å². The Morgan fingerprint density at radius 3 is 3.00 bits per heavy atom. The molecule has 2 aromatic rings. The molecular formula is C13H13N3O2S. The topological polar surface area (TPSA) is 64.1 Å². The lowest BCUT2D eigenvalue weighted by atomic mass is 10.2. The fraction of sp³-hybridized carbons (Fsp3) is 0.308. The molecule has 0 aliphatic carbocycles. The zero-order valence-corrected chi connectivity index (χ0v) is 11.0. The number of nitrogens with zero attached hydrogens (tertiary/aromatic N) is 2. The third kappa shape index (κ3) is 2.80. The number of anilines is 1. The first kappa shape index (κ1) is 12.3. The van der Waals surface area contributed by atoms with Crippen molar-refractivity contribution in [2.45, 2.75) is 18.9 Å². The summed E-state index contributed by atoms with van der Waals surface area (Å²) in [5, 5.41) is 5.50. The maximum atomic E-state index is 11.9. The first-order valence-electron chi connectivity index (χ1n) is 6.11. The third-order valence-electron chi connectivity index (χ3n) is 2.90. The Balaban J connectivity index is 1.70. The van der Waals surface area contributed by atoms with Crippen LogP contribution in [0.4, 0.5) is 5.82 Å². The smallest absolute Gasteiger partial charge is 0.254 e. The SMILES string of the molecule is O=C(Nc1csc(-c2ccncc2)n1)[C@@H]1CCCO1. The summed E-state index contributed by atoms with van der Waals surface area (Å²) in [6.45, 7) is 0.664. The maximum absolute atomic E-state index is 11.9. The van der Waals surface area contributed by atoms with Crippen LogP contribution in [0.15, 0.2) is 29.9 Å². The summed E-state index contributed by atoms with van der Waals surface area (Å²) in [4.78, 5) is 20.2. The molecule has 2 aromatic heterocycles. The van der Waals surface area contributed by atoms with E-state index in [0.29, 0.717) is 12.4 Å². The van der Waals surface area contributed by atoms with Crippen LogP contribution in [0.5, 0.6) is 0 Å². The highest BCUT2D eigenvalue weighted by Gasteiger charge is 2.24. The van der Waals surface area contributed by atoms with Crippen molar-refractivity contribution in [3.8, 4) is 10.6 Å². The van der Waals surface area contributed by atoms with E-state index in [1.165, 1.54) is 11.3 Å². The molecule has 0 unspecified atom stereocenters. The molecule has 1 aliphatic heterocycles. The highest BCUT2D eigenvalue weighted by molar-refractivity contribution is 7.13. The summed E-state index contributed by atoms with van der Waals surface area (Å²) in [5.41, 5.74) is 0.998. The molecule has 6 heteroatoms. The average molecular weight is 275 g/mol. The molecule has 0 saturated carbocycles. The number of nitrogens with one attached hydrogen (secondary N) is 1. The zero-order valence-electron chi connectivity index (χ0n) is 10.2. The summed E-state index contributed by atoms with van der Waals surface area (Å²) >= 11 is 1.49. The first-order valence-corrected chi connectivity index (χ1v) is 6.99. The molecule has 3 heterocycles. The maximum Gasteiger partial charge on any atom is 0.254 e. The molecule has 98 valence electrons. The van der Waals surface area contributed by atoms with E-state index in [-0.39, 0.29) is 12.0 Å². The second-order valence-electron chi connectivity index (χ2n) is 4.26. The summed E-state index contributed by atoms with van der Waals surface area (Å²) in [7, 11) is 0. The molecule has 1 atom stereocenters. The Bertz CT molecular complexity index is 564. The number of pyridine rings is 1. The predicted molar refractivity (Wildman–Crippen MR) is 72.9 cm³/mol. The third-order valence-corrected chi connectivity index (χ3v) is 3.80. The van der Waals surface area contributed by atoms with Gasteiger partial charge in [0, 0.05) is 29.9 Å². The van der Waals surface area contributed by atoms with Crippen molar-refractivity contribution in [2.75, 3.05) is 11.9 Å². The second kappa shape index (κ2) is 5.46. The molecular weight excluding hydrogens is 262 g/mol. The fourth-order valence-electron chi connectivity index (χ4n) is 1.95. The van der Waals surface area contributed by atoms with Gasteiger partial charge in [-0.3, -0.25) is 9.78 Å². The van der Waals surface area contributed by atoms with Crippen LogP contribution in [0.1, 0.15) is 12.8 Å². The van der Waals surface area contributed by atoms with Crippen LogP contribution in [0.2, 0.25) is 0 Å². The van der Waals surface area contributed by atoms with E-state index in [0.717, 1.165) is 23.4 Å². The fourth-order valence-corrected chi connectivity index (χ4v) is 2.71. The van der Waals surface area contributed by atoms with E-state index in [1.807, 2.05) is 17.5 Å². The Kier molecular flexibility index (Phi) is 3.52. The van der Waals surface area contributed by atoms with Gasteiger partial charge in [-0.2, -0.15) is 0 Å². The minimum absolute atomic E-state index is 0.107. The van der Waals surface area contributed by atoms with Gasteiger partial charge in [0.25, 0.3) is 5.91 Å². The Hall–Kier alpha value is -1.79. The second-order valence-corrected chi connectivity index (χ2v) is 5.12. The number of rotatable bonds is 3. The van der Waals surface area contributed by atoms with Crippen molar-refractivity contribution in [1.29, 1.82) is 0 Å². The van der Waals surface area contributed by atoms with Crippen LogP contribution < -0.4 is 5.32 Å². The summed E-state index contributed by atoms with van der Waals surface area (Å²) in [6, 6.07) is 3.79. The number of aromatic nitrogens is 2. The normalized spacial score (nSPS) is 18.4. The molecule has 1 aliphatic rings. The quantitative estimate of drug-likeness (QED) is 0.933. The van der Waals surface area contributed by atoms with Gasteiger partial charge in [-0.1, -0.05) is 0 Å². The van der Waals surface area contributed by atoms with Crippen LogP contribution in [-0.4, -0.2) is 28.6 Å². The van der Waals surface area contributed by atoms with Gasteiger partial charge in [0.05, 0.1) is 0 Å². The van der Waals surface area contributed by atoms with Crippen molar-refractivity contribution >= 4 is 23.1 Å². The highest BCUT2D eigenvalue weighted by atomic mass is 32.1. The van der Waals surface area contributed by atoms with Gasteiger partial charge in [-0.25, -0.2) is 4.98 Å². The van der Waals surface area contributed by atoms with Crippen molar-refractivity contribution in [3.05, 3.63) is 29.9 Å². The zero-order chi connectivity index (χ0) is 13.1. The summed E-state index contributed by atoms with van der Waals surface area (Å²) < 4.78 is 5.33. The van der Waals surface area contributed by atoms with Crippen molar-refractivity contribution < 1.29 is 9.53 Å². The molecule has 1 N–H and O–H groups in total. The Morgan fingerprint density at radius 2 is 2.26 bits per heavy atom. The van der Waals surface area contributed by atoms with E-state index < -0.39 is 0 Å². The minimum Gasteiger partial charge on any atom is -0.368 e. The molecule has 0 bridgehead atoms. The van der Waals surface area contributed by atoms with Crippen LogP contribution >= 0.6 is 11.3 Å². The average Bonchev–Trinajstić information content (AvgIpc) is 3.11. The number of carbonyl (C=O) groups excluding carboxylic acids is 1. The predicted octanol–water partition coefficient (Wildman–Crippen LogP) is 2.32. The molecule has 1 saturated heterocycles. The van der Waals surface area contributed by atoms with Gasteiger partial charge in [-0.05, 0) is 25.0 Å². The molecule has 1 amide bonds. The number of carbonyl (C=O) groups is 1. The Labute approximate surface area is 114 Å². The van der Waals surface area contributed by atoms with Gasteiger partial charge in [0.2, 0.25) is 0 Å². The van der Waals surface area contributed by atoms with Gasteiger partial charge in [0.15, 0.2) is 0 Å². The van der Waals surface area contributed by atoms with Crippen LogP contribution in [-0.2, 0) is 9.53 Å². The van der Waals surface area contributed by atoms with Gasteiger partial charge >= 0.3 is 0 Å². The minimum atomic E-state index is -0.328. The van der Waals surface area contributed by atoms with E-state index in [1.54, 1.807) is 12.4 Å². The number of hydrogen-bond acceptors (Lipinski definition) is 5. The molecule has 3 rings (SSSR count). The highest BCUT2D eigenvalue weighted by Crippen LogP contribution is 2.25. The van der Waals surface area contributed by atoms with Gasteiger partial charge < -0.3 is 10.1 Å². The van der Waals surface area contributed by atoms with Crippen molar-refractivity contribution in [3.63, 3.8) is 0 Å². The van der Waals surface area contributed by atoms with E-state index in [4.69, 9.17) is 4.74 Å². The molecule has 0 radical (unpaired) electrons. The van der Waals surface area contributed by atoms with Crippen molar-refractivity contribution in [1.82, 2.24) is 9.97 Å². The first-order chi connectivity index (χ1) is 9.33. The lowest BCUT2D eigenvalue weighted by molar-refractivity contribution is -0.124.